The summed E-state index contributed by atoms with van der Waals surface area (Å²) in [6.07, 6.45) is 4.05. The lowest BCUT2D eigenvalue weighted by molar-refractivity contribution is 0.148. The van der Waals surface area contributed by atoms with Crippen molar-refractivity contribution >= 4 is 0 Å². The zero-order chi connectivity index (χ0) is 8.28. The van der Waals surface area contributed by atoms with Crippen LogP contribution in [0.15, 0.2) is 11.9 Å². The predicted molar refractivity (Wildman–Crippen MR) is 43.8 cm³/mol. The van der Waals surface area contributed by atoms with E-state index in [1.165, 1.54) is 6.42 Å². The quantitative estimate of drug-likeness (QED) is 0.502. The molecule has 62 valence electrons. The number of hydrogen-bond acceptors (Lipinski definition) is 0. The van der Waals surface area contributed by atoms with Crippen LogP contribution in [0.5, 0.6) is 0 Å². The molecule has 0 aliphatic heterocycles. The molecule has 1 fully saturated rings. The van der Waals surface area contributed by atoms with E-state index in [-0.39, 0.29) is 16.7 Å². The highest BCUT2D eigenvalue weighted by Gasteiger charge is 2.57. The van der Waals surface area contributed by atoms with E-state index in [9.17, 15) is 4.39 Å². The van der Waals surface area contributed by atoms with Gasteiger partial charge in [0.05, 0.1) is 0 Å². The van der Waals surface area contributed by atoms with Crippen molar-refractivity contribution in [1.29, 1.82) is 0 Å². The maximum atomic E-state index is 13.4. The van der Waals surface area contributed by atoms with Crippen LogP contribution in [0.25, 0.3) is 0 Å². The third-order valence-corrected chi connectivity index (χ3v) is 4.18. The van der Waals surface area contributed by atoms with Crippen molar-refractivity contribution in [3.63, 3.8) is 0 Å². The molecule has 0 radical (unpaired) electrons. The van der Waals surface area contributed by atoms with Gasteiger partial charge >= 0.3 is 0 Å². The highest BCUT2D eigenvalue weighted by molar-refractivity contribution is 5.27. The monoisotopic (exact) mass is 154 g/mol. The molecule has 1 heteroatoms. The lowest BCUT2D eigenvalue weighted by Gasteiger charge is -2.34. The van der Waals surface area contributed by atoms with E-state index in [2.05, 4.69) is 20.8 Å². The minimum absolute atomic E-state index is 0.138. The van der Waals surface area contributed by atoms with Crippen LogP contribution in [-0.4, -0.2) is 0 Å². The molecular weight excluding hydrogens is 139 g/mol. The van der Waals surface area contributed by atoms with Crippen molar-refractivity contribution in [3.8, 4) is 0 Å². The van der Waals surface area contributed by atoms with Crippen LogP contribution >= 0.6 is 0 Å². The Morgan fingerprint density at radius 1 is 1.45 bits per heavy atom. The summed E-state index contributed by atoms with van der Waals surface area (Å²) in [6, 6.07) is 0. The summed E-state index contributed by atoms with van der Waals surface area (Å²) in [5.41, 5.74) is 0.0226. The zero-order valence-electron chi connectivity index (χ0n) is 7.45. The molecule has 2 aliphatic rings. The van der Waals surface area contributed by atoms with Crippen molar-refractivity contribution in [2.45, 2.75) is 33.6 Å². The average molecular weight is 154 g/mol. The third kappa shape index (κ3) is 0.605. The summed E-state index contributed by atoms with van der Waals surface area (Å²) < 4.78 is 13.4. The molecule has 0 heterocycles. The number of hydrogen-bond donors (Lipinski definition) is 0. The lowest BCUT2D eigenvalue weighted by atomic mass is 9.70. The number of rotatable bonds is 0. The fourth-order valence-corrected chi connectivity index (χ4v) is 2.62. The van der Waals surface area contributed by atoms with E-state index in [4.69, 9.17) is 0 Å². The molecule has 2 unspecified atom stereocenters. The van der Waals surface area contributed by atoms with Crippen molar-refractivity contribution < 1.29 is 4.39 Å². The Kier molecular flexibility index (Phi) is 1.13. The Balaban J connectivity index is 2.49. The van der Waals surface area contributed by atoms with Gasteiger partial charge in [-0.05, 0) is 30.3 Å². The average Bonchev–Trinajstić information content (AvgIpc) is 2.20. The first-order valence-electron chi connectivity index (χ1n) is 4.36. The largest absolute Gasteiger partial charge is 0.212 e. The molecule has 0 N–H and O–H groups in total. The predicted octanol–water partition coefficient (Wildman–Crippen LogP) is 3.30. The van der Waals surface area contributed by atoms with E-state index in [1.54, 1.807) is 0 Å². The van der Waals surface area contributed by atoms with Crippen LogP contribution in [0.4, 0.5) is 4.39 Å². The Labute approximate surface area is 67.5 Å². The first kappa shape index (κ1) is 7.33. The summed E-state index contributed by atoms with van der Waals surface area (Å²) in [5, 5.41) is 0. The highest BCUT2D eigenvalue weighted by atomic mass is 19.1. The molecule has 0 amide bonds. The van der Waals surface area contributed by atoms with Crippen molar-refractivity contribution in [2.75, 3.05) is 0 Å². The maximum absolute atomic E-state index is 13.4. The molecule has 11 heavy (non-hydrogen) atoms. The number of fused-ring (bicyclic) bond motifs is 2. The smallest absolute Gasteiger partial charge is 0.103 e. The molecule has 0 spiro atoms. The fourth-order valence-electron chi connectivity index (χ4n) is 2.62. The van der Waals surface area contributed by atoms with E-state index in [0.29, 0.717) is 5.92 Å². The minimum Gasteiger partial charge on any atom is -0.212 e. The molecule has 0 aromatic heterocycles. The normalized spacial score (nSPS) is 46.2. The lowest BCUT2D eigenvalue weighted by Crippen LogP contribution is -2.29. The molecule has 2 atom stereocenters. The summed E-state index contributed by atoms with van der Waals surface area (Å²) in [5.74, 6) is 0.631. The number of halogens is 1. The van der Waals surface area contributed by atoms with Gasteiger partial charge in [0.2, 0.25) is 0 Å². The molecule has 2 bridgehead atoms. The molecule has 0 aromatic carbocycles. The maximum Gasteiger partial charge on any atom is 0.103 e. The second-order valence-corrected chi connectivity index (χ2v) is 4.71. The molecule has 2 aliphatic carbocycles. The van der Waals surface area contributed by atoms with Crippen LogP contribution < -0.4 is 0 Å². The van der Waals surface area contributed by atoms with Gasteiger partial charge in [0.15, 0.2) is 0 Å². The van der Waals surface area contributed by atoms with Gasteiger partial charge < -0.3 is 0 Å². The van der Waals surface area contributed by atoms with Crippen LogP contribution in [0.3, 0.4) is 0 Å². The molecule has 1 saturated carbocycles. The summed E-state index contributed by atoms with van der Waals surface area (Å²) in [4.78, 5) is 0. The Hall–Kier alpha value is -0.330. The first-order valence-corrected chi connectivity index (χ1v) is 4.36. The van der Waals surface area contributed by atoms with Gasteiger partial charge in [0.1, 0.15) is 5.83 Å². The molecule has 0 aromatic rings. The summed E-state index contributed by atoms with van der Waals surface area (Å²) in [7, 11) is 0. The van der Waals surface area contributed by atoms with Gasteiger partial charge in [-0.25, -0.2) is 4.39 Å². The Morgan fingerprint density at radius 2 is 2.09 bits per heavy atom. The van der Waals surface area contributed by atoms with Crippen LogP contribution in [0.2, 0.25) is 0 Å². The van der Waals surface area contributed by atoms with Crippen molar-refractivity contribution in [2.24, 2.45) is 16.7 Å². The number of allylic oxidation sites excluding steroid dienone is 2. The van der Waals surface area contributed by atoms with Crippen LogP contribution in [0, 0.1) is 16.7 Å². The van der Waals surface area contributed by atoms with Gasteiger partial charge in [-0.2, -0.15) is 0 Å². The first-order chi connectivity index (χ1) is 4.98. The standard InChI is InChI=1S/C10H15F/c1-9(2)7-4-5-10(9,3)8(11)6-7/h6-7H,4-5H2,1-3H3. The van der Waals surface area contributed by atoms with Crippen LogP contribution in [-0.2, 0) is 0 Å². The fraction of sp³-hybridized carbons (Fsp3) is 0.800. The van der Waals surface area contributed by atoms with E-state index < -0.39 is 0 Å². The van der Waals surface area contributed by atoms with Crippen molar-refractivity contribution in [3.05, 3.63) is 11.9 Å². The van der Waals surface area contributed by atoms with Gasteiger partial charge in [0.25, 0.3) is 0 Å². The summed E-state index contributed by atoms with van der Waals surface area (Å²) in [6.45, 7) is 6.44. The van der Waals surface area contributed by atoms with Gasteiger partial charge in [0, 0.05) is 5.41 Å². The highest BCUT2D eigenvalue weighted by Crippen LogP contribution is 2.65. The Morgan fingerprint density at radius 3 is 2.27 bits per heavy atom. The van der Waals surface area contributed by atoms with Gasteiger partial charge in [-0.3, -0.25) is 0 Å². The van der Waals surface area contributed by atoms with Gasteiger partial charge in [-0.15, -0.1) is 0 Å². The molecule has 2 rings (SSSR count). The third-order valence-electron chi connectivity index (χ3n) is 4.18. The van der Waals surface area contributed by atoms with E-state index in [0.717, 1.165) is 6.42 Å². The SMILES string of the molecule is CC12CCC(C=C1F)C2(C)C. The zero-order valence-corrected chi connectivity index (χ0v) is 7.45. The van der Waals surface area contributed by atoms with Gasteiger partial charge in [-0.1, -0.05) is 20.8 Å². The molecular formula is C10H15F. The van der Waals surface area contributed by atoms with Crippen molar-refractivity contribution in [1.82, 2.24) is 0 Å². The van der Waals surface area contributed by atoms with Crippen LogP contribution in [0.1, 0.15) is 33.6 Å². The topological polar surface area (TPSA) is 0 Å². The molecule has 0 nitrogen and oxygen atoms in total. The van der Waals surface area contributed by atoms with E-state index in [1.807, 2.05) is 6.08 Å². The summed E-state index contributed by atoms with van der Waals surface area (Å²) >= 11 is 0. The second-order valence-electron chi connectivity index (χ2n) is 4.71. The second kappa shape index (κ2) is 1.70. The van der Waals surface area contributed by atoms with E-state index >= 15 is 0 Å². The Bertz CT molecular complexity index is 227. The minimum atomic E-state index is -0.141. The molecule has 0 saturated heterocycles.